The lowest BCUT2D eigenvalue weighted by Gasteiger charge is -2.15. The number of hydrogen-bond acceptors (Lipinski definition) is 8. The molecule has 0 bridgehead atoms. The summed E-state index contributed by atoms with van der Waals surface area (Å²) in [5.74, 6) is -1.64. The molecule has 3 aromatic rings. The van der Waals surface area contributed by atoms with Crippen LogP contribution < -0.4 is 10.6 Å². The predicted octanol–water partition coefficient (Wildman–Crippen LogP) is 2.95. The number of sulfone groups is 1. The number of nitrogens with zero attached hydrogens (tertiary/aromatic N) is 3. The van der Waals surface area contributed by atoms with Gasteiger partial charge in [-0.15, -0.1) is 0 Å². The number of halogens is 3. The lowest BCUT2D eigenvalue weighted by molar-refractivity contribution is -0.137. The minimum Gasteiger partial charge on any atom is -0.480 e. The van der Waals surface area contributed by atoms with Crippen LogP contribution in [0.2, 0.25) is 0 Å². The van der Waals surface area contributed by atoms with Crippen molar-refractivity contribution in [3.63, 3.8) is 0 Å². The fraction of sp³-hybridized carbons (Fsp3) is 0.263. The predicted molar refractivity (Wildman–Crippen MR) is 111 cm³/mol. The third kappa shape index (κ3) is 5.60. The van der Waals surface area contributed by atoms with E-state index in [2.05, 4.69) is 25.6 Å². The SMILES string of the molecule is C[C@@H](Nc1nc(NCC(F)(F)F)c2nc(-c3cccc(S(C)(=O)=O)c3)ccc2n1)C(=O)O. The van der Waals surface area contributed by atoms with Crippen LogP contribution in [-0.4, -0.2) is 59.5 Å². The molecule has 0 aliphatic heterocycles. The number of carboxylic acids is 1. The number of alkyl halides is 3. The van der Waals surface area contributed by atoms with Gasteiger partial charge in [0.1, 0.15) is 18.1 Å². The monoisotopic (exact) mass is 469 g/mol. The number of anilines is 2. The van der Waals surface area contributed by atoms with E-state index in [-0.39, 0.29) is 27.7 Å². The number of hydrogen-bond donors (Lipinski definition) is 3. The Labute approximate surface area is 180 Å². The topological polar surface area (TPSA) is 134 Å². The van der Waals surface area contributed by atoms with Gasteiger partial charge in [0.05, 0.1) is 16.1 Å². The van der Waals surface area contributed by atoms with Gasteiger partial charge in [0, 0.05) is 11.8 Å². The van der Waals surface area contributed by atoms with E-state index in [1.807, 2.05) is 0 Å². The normalized spacial score (nSPS) is 13.0. The van der Waals surface area contributed by atoms with Gasteiger partial charge in [-0.25, -0.2) is 18.4 Å². The molecule has 9 nitrogen and oxygen atoms in total. The Morgan fingerprint density at radius 2 is 1.88 bits per heavy atom. The average molecular weight is 469 g/mol. The van der Waals surface area contributed by atoms with E-state index in [0.717, 1.165) is 6.26 Å². The Hall–Kier alpha value is -3.48. The summed E-state index contributed by atoms with van der Waals surface area (Å²) >= 11 is 0. The lowest BCUT2D eigenvalue weighted by Crippen LogP contribution is -2.27. The van der Waals surface area contributed by atoms with Gasteiger partial charge in [-0.05, 0) is 31.2 Å². The molecule has 1 atom stereocenters. The molecule has 2 heterocycles. The Kier molecular flexibility index (Phi) is 6.21. The molecule has 0 saturated carbocycles. The second-order valence-electron chi connectivity index (χ2n) is 6.93. The van der Waals surface area contributed by atoms with Crippen molar-refractivity contribution >= 4 is 38.6 Å². The van der Waals surface area contributed by atoms with Crippen molar-refractivity contribution in [1.29, 1.82) is 0 Å². The third-order valence-corrected chi connectivity index (χ3v) is 5.38. The Balaban J connectivity index is 2.11. The second-order valence-corrected chi connectivity index (χ2v) is 8.95. The molecule has 0 saturated heterocycles. The highest BCUT2D eigenvalue weighted by Crippen LogP contribution is 2.27. The number of carboxylic acid groups (broad SMARTS) is 1. The number of pyridine rings is 1. The molecule has 13 heteroatoms. The number of aliphatic carboxylic acids is 1. The summed E-state index contributed by atoms with van der Waals surface area (Å²) in [6, 6.07) is 7.86. The molecular formula is C19H18F3N5O4S. The van der Waals surface area contributed by atoms with Crippen LogP contribution in [0.3, 0.4) is 0 Å². The molecule has 0 aliphatic rings. The molecular weight excluding hydrogens is 451 g/mol. The lowest BCUT2D eigenvalue weighted by atomic mass is 10.1. The van der Waals surface area contributed by atoms with Gasteiger partial charge in [0.2, 0.25) is 5.95 Å². The van der Waals surface area contributed by atoms with E-state index in [0.29, 0.717) is 11.3 Å². The van der Waals surface area contributed by atoms with Crippen molar-refractivity contribution in [2.75, 3.05) is 23.4 Å². The zero-order valence-electron chi connectivity index (χ0n) is 16.8. The summed E-state index contributed by atoms with van der Waals surface area (Å²) in [5.41, 5.74) is 0.886. The minimum atomic E-state index is -4.54. The van der Waals surface area contributed by atoms with Gasteiger partial charge in [-0.3, -0.25) is 4.79 Å². The number of fused-ring (bicyclic) bond motifs is 1. The first-order valence-electron chi connectivity index (χ1n) is 9.13. The van der Waals surface area contributed by atoms with Crippen molar-refractivity contribution in [3.05, 3.63) is 36.4 Å². The van der Waals surface area contributed by atoms with E-state index in [1.54, 1.807) is 6.07 Å². The molecule has 1 aromatic carbocycles. The van der Waals surface area contributed by atoms with E-state index in [9.17, 15) is 26.4 Å². The third-order valence-electron chi connectivity index (χ3n) is 4.27. The maximum atomic E-state index is 12.8. The van der Waals surface area contributed by atoms with E-state index >= 15 is 0 Å². The molecule has 3 rings (SSSR count). The summed E-state index contributed by atoms with van der Waals surface area (Å²) in [5, 5.41) is 13.7. The minimum absolute atomic E-state index is 0.00466. The van der Waals surface area contributed by atoms with Gasteiger partial charge in [0.15, 0.2) is 15.7 Å². The van der Waals surface area contributed by atoms with Gasteiger partial charge in [-0.1, -0.05) is 12.1 Å². The van der Waals surface area contributed by atoms with Crippen molar-refractivity contribution in [3.8, 4) is 11.3 Å². The molecule has 0 fully saturated rings. The first-order chi connectivity index (χ1) is 14.8. The second kappa shape index (κ2) is 8.57. The summed E-state index contributed by atoms with van der Waals surface area (Å²) in [4.78, 5) is 23.6. The standard InChI is InChI=1S/C19H18F3N5O4S/c1-10(17(28)29)24-18-26-14-7-6-13(11-4-3-5-12(8-11)32(2,30)31)25-15(14)16(27-18)23-9-19(20,21)22/h3-8,10H,9H2,1-2H3,(H,28,29)(H2,23,24,26,27)/t10-/m1/s1. The zero-order valence-corrected chi connectivity index (χ0v) is 17.6. The highest BCUT2D eigenvalue weighted by molar-refractivity contribution is 7.90. The molecule has 0 unspecified atom stereocenters. The number of carbonyl (C=O) groups is 1. The molecule has 170 valence electrons. The molecule has 2 aromatic heterocycles. The smallest absolute Gasteiger partial charge is 0.405 e. The van der Waals surface area contributed by atoms with Gasteiger partial charge >= 0.3 is 12.1 Å². The number of aromatic nitrogens is 3. The van der Waals surface area contributed by atoms with Crippen LogP contribution in [0.25, 0.3) is 22.3 Å². The maximum Gasteiger partial charge on any atom is 0.405 e. The largest absolute Gasteiger partial charge is 0.480 e. The Morgan fingerprint density at radius 3 is 2.50 bits per heavy atom. The van der Waals surface area contributed by atoms with Gasteiger partial charge in [-0.2, -0.15) is 18.2 Å². The quantitative estimate of drug-likeness (QED) is 0.477. The summed E-state index contributed by atoms with van der Waals surface area (Å²) < 4.78 is 62.0. The number of nitrogens with one attached hydrogen (secondary N) is 2. The fourth-order valence-corrected chi connectivity index (χ4v) is 3.35. The molecule has 0 radical (unpaired) electrons. The van der Waals surface area contributed by atoms with Crippen LogP contribution in [0.5, 0.6) is 0 Å². The van der Waals surface area contributed by atoms with Crippen molar-refractivity contribution < 1.29 is 31.5 Å². The van der Waals surface area contributed by atoms with Gasteiger partial charge in [0.25, 0.3) is 0 Å². The van der Waals surface area contributed by atoms with Crippen LogP contribution in [-0.2, 0) is 14.6 Å². The Morgan fingerprint density at radius 1 is 1.16 bits per heavy atom. The molecule has 32 heavy (non-hydrogen) atoms. The van der Waals surface area contributed by atoms with E-state index in [4.69, 9.17) is 5.11 Å². The number of rotatable bonds is 7. The van der Waals surface area contributed by atoms with Crippen LogP contribution >= 0.6 is 0 Å². The van der Waals surface area contributed by atoms with Crippen LogP contribution in [0, 0.1) is 0 Å². The molecule has 0 aliphatic carbocycles. The molecule has 3 N–H and O–H groups in total. The van der Waals surface area contributed by atoms with Crippen LogP contribution in [0.1, 0.15) is 6.92 Å². The highest BCUT2D eigenvalue weighted by Gasteiger charge is 2.28. The number of benzene rings is 1. The van der Waals surface area contributed by atoms with Crippen molar-refractivity contribution in [2.45, 2.75) is 24.0 Å². The summed E-state index contributed by atoms with van der Waals surface area (Å²) in [6.45, 7) is -0.0721. The average Bonchev–Trinajstić information content (AvgIpc) is 2.70. The first-order valence-corrected chi connectivity index (χ1v) is 11.0. The fourth-order valence-electron chi connectivity index (χ4n) is 2.69. The van der Waals surface area contributed by atoms with Crippen LogP contribution in [0.4, 0.5) is 24.9 Å². The van der Waals surface area contributed by atoms with E-state index < -0.39 is 34.6 Å². The summed E-state index contributed by atoms with van der Waals surface area (Å²) in [7, 11) is -3.48. The van der Waals surface area contributed by atoms with E-state index in [1.165, 1.54) is 37.3 Å². The van der Waals surface area contributed by atoms with Crippen LogP contribution in [0.15, 0.2) is 41.3 Å². The zero-order chi connectivity index (χ0) is 23.7. The maximum absolute atomic E-state index is 12.8. The van der Waals surface area contributed by atoms with Gasteiger partial charge < -0.3 is 15.7 Å². The molecule has 0 spiro atoms. The van der Waals surface area contributed by atoms with Crippen molar-refractivity contribution in [1.82, 2.24) is 15.0 Å². The first kappa shape index (κ1) is 23.2. The summed E-state index contributed by atoms with van der Waals surface area (Å²) in [6.07, 6.45) is -3.49. The highest BCUT2D eigenvalue weighted by atomic mass is 32.2. The van der Waals surface area contributed by atoms with Crippen molar-refractivity contribution in [2.24, 2.45) is 0 Å². The molecule has 0 amide bonds. The Bertz CT molecular complexity index is 1280.